The van der Waals surface area contributed by atoms with Gasteiger partial charge in [-0.25, -0.2) is 13.4 Å². The minimum atomic E-state index is -3.58. The third-order valence-electron chi connectivity index (χ3n) is 4.47. The quantitative estimate of drug-likeness (QED) is 0.504. The topological polar surface area (TPSA) is 88.7 Å². The average molecular weight is 427 g/mol. The Labute approximate surface area is 172 Å². The zero-order valence-corrected chi connectivity index (χ0v) is 17.2. The molecule has 0 aliphatic carbocycles. The van der Waals surface area contributed by atoms with E-state index in [-0.39, 0.29) is 17.1 Å². The summed E-state index contributed by atoms with van der Waals surface area (Å²) in [6, 6.07) is 14.3. The molecule has 0 atom stereocenters. The van der Waals surface area contributed by atoms with Crippen molar-refractivity contribution in [1.29, 1.82) is 0 Å². The fraction of sp³-hybridized carbons (Fsp3) is 0.143. The lowest BCUT2D eigenvalue weighted by atomic mass is 10.1. The molecule has 0 radical (unpaired) electrons. The van der Waals surface area contributed by atoms with Crippen LogP contribution in [-0.4, -0.2) is 28.9 Å². The highest BCUT2D eigenvalue weighted by Crippen LogP contribution is 2.31. The summed E-state index contributed by atoms with van der Waals surface area (Å²) in [5.41, 5.74) is 2.76. The van der Waals surface area contributed by atoms with E-state index >= 15 is 0 Å². The maximum atomic E-state index is 13.1. The molecule has 1 N–H and O–H groups in total. The second-order valence-corrected chi connectivity index (χ2v) is 9.88. The van der Waals surface area contributed by atoms with Gasteiger partial charge in [-0.3, -0.25) is 9.20 Å². The van der Waals surface area contributed by atoms with Crippen molar-refractivity contribution in [1.82, 2.24) is 9.38 Å². The lowest BCUT2D eigenvalue weighted by molar-refractivity contribution is -0.136. The molecule has 0 bridgehead atoms. The summed E-state index contributed by atoms with van der Waals surface area (Å²) in [5.74, 6) is -0.989. The maximum Gasteiger partial charge on any atom is 0.308 e. The van der Waals surface area contributed by atoms with Crippen molar-refractivity contribution in [3.8, 4) is 11.3 Å². The zero-order chi connectivity index (χ0) is 20.6. The SMILES string of the molecule is Cc1ccc(S(=O)(=O)Cc2ccccc2)c(-c2cn3cc(CC(=O)O)sc3n2)c1. The van der Waals surface area contributed by atoms with Crippen LogP contribution >= 0.6 is 11.3 Å². The molecule has 2 aromatic carbocycles. The molecule has 0 aliphatic heterocycles. The first-order valence-corrected chi connectivity index (χ1v) is 11.4. The molecule has 4 rings (SSSR count). The fourth-order valence-electron chi connectivity index (χ4n) is 3.19. The van der Waals surface area contributed by atoms with Gasteiger partial charge < -0.3 is 5.11 Å². The van der Waals surface area contributed by atoms with Crippen LogP contribution in [0.4, 0.5) is 0 Å². The van der Waals surface area contributed by atoms with Crippen LogP contribution < -0.4 is 0 Å². The number of aryl methyl sites for hydroxylation is 1. The highest BCUT2D eigenvalue weighted by Gasteiger charge is 2.22. The predicted octanol–water partition coefficient (Wildman–Crippen LogP) is 3.97. The highest BCUT2D eigenvalue weighted by atomic mass is 32.2. The zero-order valence-electron chi connectivity index (χ0n) is 15.6. The molecule has 4 aromatic rings. The monoisotopic (exact) mass is 426 g/mol. The summed E-state index contributed by atoms with van der Waals surface area (Å²) in [5, 5.41) is 8.95. The van der Waals surface area contributed by atoms with Gasteiger partial charge in [0, 0.05) is 22.8 Å². The number of rotatable bonds is 6. The van der Waals surface area contributed by atoms with Crippen LogP contribution in [0.2, 0.25) is 0 Å². The van der Waals surface area contributed by atoms with E-state index in [4.69, 9.17) is 5.11 Å². The summed E-state index contributed by atoms with van der Waals surface area (Å²) in [4.78, 5) is 17.0. The smallest absolute Gasteiger partial charge is 0.308 e. The van der Waals surface area contributed by atoms with Crippen LogP contribution in [0, 0.1) is 6.92 Å². The maximum absolute atomic E-state index is 13.1. The van der Waals surface area contributed by atoms with Gasteiger partial charge in [0.25, 0.3) is 0 Å². The minimum absolute atomic E-state index is 0.0650. The van der Waals surface area contributed by atoms with Crippen LogP contribution in [0.25, 0.3) is 16.2 Å². The Bertz CT molecular complexity index is 1270. The molecule has 0 spiro atoms. The summed E-state index contributed by atoms with van der Waals surface area (Å²) < 4.78 is 28.0. The van der Waals surface area contributed by atoms with Gasteiger partial charge in [0.15, 0.2) is 14.8 Å². The van der Waals surface area contributed by atoms with E-state index in [1.165, 1.54) is 11.3 Å². The summed E-state index contributed by atoms with van der Waals surface area (Å²) in [6.45, 7) is 1.90. The number of imidazole rings is 1. The molecule has 0 saturated heterocycles. The van der Waals surface area contributed by atoms with Gasteiger partial charge in [0.05, 0.1) is 22.8 Å². The molecule has 8 heteroatoms. The van der Waals surface area contributed by atoms with E-state index in [1.807, 2.05) is 31.2 Å². The molecule has 2 heterocycles. The molecular formula is C21H18N2O4S2. The number of hydrogen-bond acceptors (Lipinski definition) is 5. The Kier molecular flexibility index (Phi) is 4.97. The van der Waals surface area contributed by atoms with Crippen molar-refractivity contribution in [2.45, 2.75) is 24.0 Å². The van der Waals surface area contributed by atoms with Gasteiger partial charge in [0.1, 0.15) is 0 Å². The number of carbonyl (C=O) groups is 1. The number of hydrogen-bond donors (Lipinski definition) is 1. The molecule has 6 nitrogen and oxygen atoms in total. The first kappa shape index (κ1) is 19.4. The summed E-state index contributed by atoms with van der Waals surface area (Å²) >= 11 is 1.28. The number of thiazole rings is 1. The third kappa shape index (κ3) is 4.08. The Morgan fingerprint density at radius 3 is 2.59 bits per heavy atom. The number of carboxylic acids is 1. The van der Waals surface area contributed by atoms with Crippen molar-refractivity contribution in [2.24, 2.45) is 0 Å². The number of nitrogens with zero attached hydrogens (tertiary/aromatic N) is 2. The van der Waals surface area contributed by atoms with Crippen LogP contribution in [0.3, 0.4) is 0 Å². The normalized spacial score (nSPS) is 11.8. The minimum Gasteiger partial charge on any atom is -0.481 e. The number of carboxylic acid groups (broad SMARTS) is 1. The molecule has 148 valence electrons. The first-order valence-electron chi connectivity index (χ1n) is 8.89. The molecule has 2 aromatic heterocycles. The molecular weight excluding hydrogens is 408 g/mol. The number of sulfone groups is 1. The molecule has 0 unspecified atom stereocenters. The Balaban J connectivity index is 1.76. The van der Waals surface area contributed by atoms with E-state index < -0.39 is 15.8 Å². The van der Waals surface area contributed by atoms with Crippen molar-refractivity contribution in [3.05, 3.63) is 76.9 Å². The molecule has 0 saturated carbocycles. The fourth-order valence-corrected chi connectivity index (χ4v) is 5.70. The Hall–Kier alpha value is -2.97. The van der Waals surface area contributed by atoms with Crippen molar-refractivity contribution in [3.63, 3.8) is 0 Å². The Morgan fingerprint density at radius 2 is 1.90 bits per heavy atom. The van der Waals surface area contributed by atoms with Crippen LogP contribution in [0.15, 0.2) is 65.8 Å². The van der Waals surface area contributed by atoms with E-state index in [9.17, 15) is 13.2 Å². The summed E-state index contributed by atoms with van der Waals surface area (Å²) in [6.07, 6.45) is 3.40. The third-order valence-corrected chi connectivity index (χ3v) is 7.21. The number of aliphatic carboxylic acids is 1. The van der Waals surface area contributed by atoms with Crippen LogP contribution in [0.5, 0.6) is 0 Å². The van der Waals surface area contributed by atoms with Gasteiger partial charge in [-0.2, -0.15) is 0 Å². The Morgan fingerprint density at radius 1 is 1.14 bits per heavy atom. The van der Waals surface area contributed by atoms with Crippen LogP contribution in [0.1, 0.15) is 16.0 Å². The molecule has 29 heavy (non-hydrogen) atoms. The molecule has 0 amide bonds. The van der Waals surface area contributed by atoms with E-state index in [0.29, 0.717) is 21.1 Å². The largest absolute Gasteiger partial charge is 0.481 e. The highest BCUT2D eigenvalue weighted by molar-refractivity contribution is 7.90. The average Bonchev–Trinajstić information content (AvgIpc) is 3.19. The lowest BCUT2D eigenvalue weighted by Gasteiger charge is -2.10. The number of aromatic nitrogens is 2. The van der Waals surface area contributed by atoms with E-state index in [1.54, 1.807) is 41.1 Å². The molecule has 0 aliphatic rings. The second-order valence-electron chi connectivity index (χ2n) is 6.83. The van der Waals surface area contributed by atoms with Gasteiger partial charge in [0.2, 0.25) is 0 Å². The van der Waals surface area contributed by atoms with Crippen molar-refractivity contribution >= 4 is 32.1 Å². The van der Waals surface area contributed by atoms with Crippen molar-refractivity contribution in [2.75, 3.05) is 0 Å². The van der Waals surface area contributed by atoms with Crippen molar-refractivity contribution < 1.29 is 18.3 Å². The van der Waals surface area contributed by atoms with E-state index in [2.05, 4.69) is 4.98 Å². The van der Waals surface area contributed by atoms with Gasteiger partial charge in [-0.15, -0.1) is 11.3 Å². The lowest BCUT2D eigenvalue weighted by Crippen LogP contribution is -2.07. The first-order chi connectivity index (χ1) is 13.8. The van der Waals surface area contributed by atoms with E-state index in [0.717, 1.165) is 11.1 Å². The second kappa shape index (κ2) is 7.46. The molecule has 0 fully saturated rings. The van der Waals surface area contributed by atoms with Gasteiger partial charge in [-0.05, 0) is 24.6 Å². The summed E-state index contributed by atoms with van der Waals surface area (Å²) in [7, 11) is -3.58. The predicted molar refractivity (Wildman–Crippen MR) is 112 cm³/mol. The van der Waals surface area contributed by atoms with Gasteiger partial charge >= 0.3 is 5.97 Å². The van der Waals surface area contributed by atoms with Crippen LogP contribution in [-0.2, 0) is 26.8 Å². The van der Waals surface area contributed by atoms with Gasteiger partial charge in [-0.1, -0.05) is 42.0 Å². The number of fused-ring (bicyclic) bond motifs is 1. The number of benzene rings is 2. The standard InChI is InChI=1S/C21H18N2O4S2/c1-14-7-8-19(29(26,27)13-15-5-3-2-4-6-15)17(9-14)18-12-23-11-16(10-20(24)25)28-21(23)22-18/h2-9,11-12H,10,13H2,1H3,(H,24,25).